The molecule has 0 saturated carbocycles. The van der Waals surface area contributed by atoms with Gasteiger partial charge in [0.15, 0.2) is 0 Å². The Bertz CT molecular complexity index is 465. The Morgan fingerprint density at radius 2 is 2.04 bits per heavy atom. The third kappa shape index (κ3) is 3.43. The molecular weight excluding hydrogens is 292 g/mol. The Hall–Kier alpha value is -1.40. The molecule has 3 aliphatic rings. The maximum absolute atomic E-state index is 12.8. The van der Waals surface area contributed by atoms with Crippen LogP contribution in [0, 0.1) is 0 Å². The zero-order chi connectivity index (χ0) is 16.3. The van der Waals surface area contributed by atoms with Crippen molar-refractivity contribution in [1.29, 1.82) is 0 Å². The van der Waals surface area contributed by atoms with Gasteiger partial charge in [-0.25, -0.2) is 4.79 Å². The fraction of sp³-hybridized carbons (Fsp3) is 0.765. The van der Waals surface area contributed by atoms with Crippen LogP contribution in [0.25, 0.3) is 0 Å². The lowest BCUT2D eigenvalue weighted by Crippen LogP contribution is -2.55. The third-order valence-electron chi connectivity index (χ3n) is 5.46. The molecular formula is C17H28N4O2. The van der Waals surface area contributed by atoms with Gasteiger partial charge in [0, 0.05) is 32.2 Å². The summed E-state index contributed by atoms with van der Waals surface area (Å²) in [4.78, 5) is 28.8. The maximum atomic E-state index is 12.8. The Balaban J connectivity index is 1.56. The van der Waals surface area contributed by atoms with Crippen molar-refractivity contribution in [2.24, 2.45) is 0 Å². The quantitative estimate of drug-likeness (QED) is 0.588. The van der Waals surface area contributed by atoms with Gasteiger partial charge >= 0.3 is 6.03 Å². The van der Waals surface area contributed by atoms with Gasteiger partial charge < -0.3 is 10.6 Å². The van der Waals surface area contributed by atoms with Crippen LogP contribution in [0.2, 0.25) is 0 Å². The predicted molar refractivity (Wildman–Crippen MR) is 89.1 cm³/mol. The van der Waals surface area contributed by atoms with E-state index in [0.29, 0.717) is 25.4 Å². The van der Waals surface area contributed by atoms with E-state index in [9.17, 15) is 9.59 Å². The van der Waals surface area contributed by atoms with Gasteiger partial charge in [-0.15, -0.1) is 6.58 Å². The number of urea groups is 1. The van der Waals surface area contributed by atoms with E-state index < -0.39 is 5.54 Å². The Kier molecular flexibility index (Phi) is 5.02. The van der Waals surface area contributed by atoms with Gasteiger partial charge in [-0.3, -0.25) is 14.6 Å². The number of amides is 3. The first kappa shape index (κ1) is 16.5. The van der Waals surface area contributed by atoms with Gasteiger partial charge in [0.2, 0.25) is 0 Å². The molecule has 1 atom stereocenters. The van der Waals surface area contributed by atoms with E-state index in [-0.39, 0.29) is 11.9 Å². The Morgan fingerprint density at radius 1 is 1.26 bits per heavy atom. The van der Waals surface area contributed by atoms with Crippen molar-refractivity contribution < 1.29 is 9.59 Å². The first-order valence-electron chi connectivity index (χ1n) is 8.85. The average Bonchev–Trinajstić information content (AvgIpc) is 2.80. The Morgan fingerprint density at radius 3 is 2.70 bits per heavy atom. The van der Waals surface area contributed by atoms with Gasteiger partial charge in [-0.05, 0) is 38.6 Å². The second-order valence-corrected chi connectivity index (χ2v) is 6.99. The summed E-state index contributed by atoms with van der Waals surface area (Å²) in [6, 6.07) is 0.235. The molecule has 3 saturated heterocycles. The number of imide groups is 1. The number of nitrogens with one attached hydrogen (secondary N) is 2. The van der Waals surface area contributed by atoms with Crippen LogP contribution in [0.3, 0.4) is 0 Å². The third-order valence-corrected chi connectivity index (χ3v) is 5.46. The van der Waals surface area contributed by atoms with Crippen molar-refractivity contribution in [3.63, 3.8) is 0 Å². The van der Waals surface area contributed by atoms with E-state index >= 15 is 0 Å². The molecule has 1 spiro atoms. The summed E-state index contributed by atoms with van der Waals surface area (Å²) in [5.41, 5.74) is -0.658. The minimum Gasteiger partial charge on any atom is -0.323 e. The summed E-state index contributed by atoms with van der Waals surface area (Å²) < 4.78 is 0. The molecule has 0 radical (unpaired) electrons. The normalized spacial score (nSPS) is 28.2. The smallest absolute Gasteiger partial charge is 0.323 e. The van der Waals surface area contributed by atoms with Crippen molar-refractivity contribution in [2.75, 3.05) is 32.7 Å². The zero-order valence-electron chi connectivity index (χ0n) is 13.9. The van der Waals surface area contributed by atoms with Gasteiger partial charge in [0.05, 0.1) is 0 Å². The molecule has 23 heavy (non-hydrogen) atoms. The topological polar surface area (TPSA) is 64.7 Å². The minimum absolute atomic E-state index is 0.0171. The van der Waals surface area contributed by atoms with Crippen molar-refractivity contribution in [1.82, 2.24) is 20.4 Å². The highest BCUT2D eigenvalue weighted by atomic mass is 16.2. The van der Waals surface area contributed by atoms with Crippen molar-refractivity contribution in [3.8, 4) is 0 Å². The molecule has 0 bridgehead atoms. The van der Waals surface area contributed by atoms with Crippen molar-refractivity contribution in [2.45, 2.75) is 50.1 Å². The molecule has 3 rings (SSSR count). The monoisotopic (exact) mass is 320 g/mol. The highest BCUT2D eigenvalue weighted by Gasteiger charge is 2.51. The highest BCUT2D eigenvalue weighted by Crippen LogP contribution is 2.29. The molecule has 3 heterocycles. The van der Waals surface area contributed by atoms with Crippen LogP contribution in [0.1, 0.15) is 38.5 Å². The molecule has 0 aromatic rings. The average molecular weight is 320 g/mol. The molecule has 128 valence electrons. The first-order chi connectivity index (χ1) is 11.1. The number of likely N-dealkylation sites (tertiary alicyclic amines) is 1. The van der Waals surface area contributed by atoms with Crippen LogP contribution in [-0.2, 0) is 4.79 Å². The van der Waals surface area contributed by atoms with Gasteiger partial charge in [0.1, 0.15) is 5.54 Å². The number of nitrogens with zero attached hydrogens (tertiary/aromatic N) is 2. The van der Waals surface area contributed by atoms with Gasteiger partial charge in [0.25, 0.3) is 5.91 Å². The highest BCUT2D eigenvalue weighted by molar-refractivity contribution is 6.07. The fourth-order valence-electron chi connectivity index (χ4n) is 3.97. The molecule has 0 aliphatic carbocycles. The van der Waals surface area contributed by atoms with Gasteiger partial charge in [-0.1, -0.05) is 12.5 Å². The predicted octanol–water partition coefficient (Wildman–Crippen LogP) is 1.09. The summed E-state index contributed by atoms with van der Waals surface area (Å²) in [5, 5.41) is 6.46. The van der Waals surface area contributed by atoms with E-state index in [1.807, 2.05) is 6.08 Å². The molecule has 0 aromatic carbocycles. The van der Waals surface area contributed by atoms with E-state index in [1.165, 1.54) is 17.7 Å². The fourth-order valence-corrected chi connectivity index (χ4v) is 3.97. The molecule has 0 aromatic heterocycles. The molecule has 3 aliphatic heterocycles. The summed E-state index contributed by atoms with van der Waals surface area (Å²) in [5.74, 6) is -0.0171. The first-order valence-corrected chi connectivity index (χ1v) is 8.85. The lowest BCUT2D eigenvalue weighted by atomic mass is 9.87. The number of hydrogen-bond donors (Lipinski definition) is 2. The second kappa shape index (κ2) is 7.01. The molecule has 3 fully saturated rings. The molecule has 3 amide bonds. The number of piperidine rings is 2. The zero-order valence-corrected chi connectivity index (χ0v) is 13.9. The summed E-state index contributed by atoms with van der Waals surface area (Å²) in [6.07, 6.45) is 7.75. The van der Waals surface area contributed by atoms with E-state index in [1.54, 1.807) is 0 Å². The van der Waals surface area contributed by atoms with Crippen LogP contribution in [-0.4, -0.2) is 66.0 Å². The largest absolute Gasteiger partial charge is 0.325 e. The SMILES string of the molecule is C=CCN1CCC2(CC1)NC(=O)N(CCC1CCCCN1)C2=O. The van der Waals surface area contributed by atoms with Crippen LogP contribution < -0.4 is 10.6 Å². The van der Waals surface area contributed by atoms with Crippen LogP contribution >= 0.6 is 0 Å². The molecule has 1 unspecified atom stereocenters. The molecule has 2 N–H and O–H groups in total. The number of hydrogen-bond acceptors (Lipinski definition) is 4. The number of carbonyl (C=O) groups excluding carboxylic acids is 2. The standard InChI is InChI=1S/C17H28N4O2/c1-2-10-20-12-7-17(8-13-20)15(22)21(16(23)19-17)11-6-14-5-3-4-9-18-14/h2,14,18H,1,3-13H2,(H,19,23). The van der Waals surface area contributed by atoms with Crippen molar-refractivity contribution >= 4 is 11.9 Å². The second-order valence-electron chi connectivity index (χ2n) is 6.99. The van der Waals surface area contributed by atoms with Gasteiger partial charge in [-0.2, -0.15) is 0 Å². The summed E-state index contributed by atoms with van der Waals surface area (Å²) in [7, 11) is 0. The van der Waals surface area contributed by atoms with E-state index in [0.717, 1.165) is 39.0 Å². The number of rotatable bonds is 5. The molecule has 6 nitrogen and oxygen atoms in total. The molecule has 6 heteroatoms. The van der Waals surface area contributed by atoms with E-state index in [2.05, 4.69) is 22.1 Å². The Labute approximate surface area is 138 Å². The van der Waals surface area contributed by atoms with E-state index in [4.69, 9.17) is 0 Å². The summed E-state index contributed by atoms with van der Waals surface area (Å²) >= 11 is 0. The van der Waals surface area contributed by atoms with Crippen LogP contribution in [0.4, 0.5) is 4.79 Å². The number of carbonyl (C=O) groups is 2. The van der Waals surface area contributed by atoms with Crippen LogP contribution in [0.15, 0.2) is 12.7 Å². The lowest BCUT2D eigenvalue weighted by Gasteiger charge is -2.36. The minimum atomic E-state index is -0.658. The maximum Gasteiger partial charge on any atom is 0.325 e. The lowest BCUT2D eigenvalue weighted by molar-refractivity contribution is -0.133. The van der Waals surface area contributed by atoms with Crippen LogP contribution in [0.5, 0.6) is 0 Å². The summed E-state index contributed by atoms with van der Waals surface area (Å²) in [6.45, 7) is 7.84. The van der Waals surface area contributed by atoms with Crippen molar-refractivity contribution in [3.05, 3.63) is 12.7 Å².